The predicted octanol–water partition coefficient (Wildman–Crippen LogP) is 2.54. The van der Waals surface area contributed by atoms with Crippen LogP contribution in [-0.2, 0) is 11.2 Å². The Kier molecular flexibility index (Phi) is 4.28. The first kappa shape index (κ1) is 15.5. The van der Waals surface area contributed by atoms with Gasteiger partial charge in [-0.2, -0.15) is 0 Å². The quantitative estimate of drug-likeness (QED) is 0.856. The molecule has 1 atom stereocenters. The van der Waals surface area contributed by atoms with Crippen LogP contribution in [0.1, 0.15) is 18.9 Å². The van der Waals surface area contributed by atoms with Crippen LogP contribution < -0.4 is 9.47 Å². The van der Waals surface area contributed by atoms with Gasteiger partial charge in [0.2, 0.25) is 6.79 Å². The van der Waals surface area contributed by atoms with Crippen molar-refractivity contribution < 1.29 is 14.3 Å². The maximum Gasteiger partial charge on any atom is 0.251 e. The van der Waals surface area contributed by atoms with Gasteiger partial charge in [-0.15, -0.1) is 0 Å². The van der Waals surface area contributed by atoms with Crippen molar-refractivity contribution in [3.8, 4) is 11.5 Å². The topological polar surface area (TPSA) is 42.0 Å². The first-order valence-electron chi connectivity index (χ1n) is 7.79. The molecular weight excluding hydrogens is 292 g/mol. The Morgan fingerprint density at radius 2 is 2.13 bits per heavy atom. The maximum absolute atomic E-state index is 12.6. The lowest BCUT2D eigenvalue weighted by molar-refractivity contribution is -0.127. The van der Waals surface area contributed by atoms with Crippen LogP contribution in [0.2, 0.25) is 0 Å². The molecule has 1 aromatic carbocycles. The fourth-order valence-corrected chi connectivity index (χ4v) is 2.80. The van der Waals surface area contributed by atoms with Gasteiger partial charge in [0.1, 0.15) is 0 Å². The monoisotopic (exact) mass is 314 g/mol. The number of hydrogen-bond donors (Lipinski definition) is 0. The molecule has 0 fully saturated rings. The third-order valence-corrected chi connectivity index (χ3v) is 4.26. The minimum atomic E-state index is 0.0782. The van der Waals surface area contributed by atoms with Gasteiger partial charge in [-0.05, 0) is 43.7 Å². The number of amides is 1. The van der Waals surface area contributed by atoms with Crippen molar-refractivity contribution in [1.29, 1.82) is 0 Å². The summed E-state index contributed by atoms with van der Waals surface area (Å²) in [5.41, 5.74) is 1.95. The number of benzene rings is 1. The summed E-state index contributed by atoms with van der Waals surface area (Å²) in [7, 11) is 3.79. The summed E-state index contributed by atoms with van der Waals surface area (Å²) in [5.74, 6) is 1.65. The largest absolute Gasteiger partial charge is 0.454 e. The van der Waals surface area contributed by atoms with E-state index in [-0.39, 0.29) is 18.7 Å². The number of rotatable bonds is 4. The molecule has 122 valence electrons. The van der Waals surface area contributed by atoms with Crippen LogP contribution in [0.3, 0.4) is 0 Å². The van der Waals surface area contributed by atoms with Gasteiger partial charge in [0.25, 0.3) is 5.91 Å². The minimum Gasteiger partial charge on any atom is -0.454 e. The highest BCUT2D eigenvalue weighted by molar-refractivity contribution is 5.93. The zero-order chi connectivity index (χ0) is 16.4. The van der Waals surface area contributed by atoms with Crippen molar-refractivity contribution in [2.75, 3.05) is 20.9 Å². The van der Waals surface area contributed by atoms with Gasteiger partial charge >= 0.3 is 0 Å². The highest BCUT2D eigenvalue weighted by Crippen LogP contribution is 2.33. The van der Waals surface area contributed by atoms with Gasteiger partial charge in [-0.25, -0.2) is 0 Å². The van der Waals surface area contributed by atoms with E-state index in [0.29, 0.717) is 6.42 Å². The summed E-state index contributed by atoms with van der Waals surface area (Å²) < 4.78 is 10.7. The summed E-state index contributed by atoms with van der Waals surface area (Å²) in [4.78, 5) is 16.3. The molecule has 2 heterocycles. The second-order valence-electron chi connectivity index (χ2n) is 6.07. The Morgan fingerprint density at radius 3 is 2.91 bits per heavy atom. The number of carbonyl (C=O) groups excluding carboxylic acids is 1. The molecule has 1 amide bonds. The average molecular weight is 314 g/mol. The number of ether oxygens (including phenoxy) is 2. The van der Waals surface area contributed by atoms with E-state index >= 15 is 0 Å². The Balaban J connectivity index is 1.65. The number of fused-ring (bicyclic) bond motifs is 1. The second kappa shape index (κ2) is 6.36. The summed E-state index contributed by atoms with van der Waals surface area (Å²) in [6, 6.07) is 6.04. The Morgan fingerprint density at radius 1 is 1.35 bits per heavy atom. The van der Waals surface area contributed by atoms with Crippen LogP contribution >= 0.6 is 0 Å². The minimum absolute atomic E-state index is 0.0782. The predicted molar refractivity (Wildman–Crippen MR) is 88.1 cm³/mol. The lowest BCUT2D eigenvalue weighted by Gasteiger charge is -2.27. The van der Waals surface area contributed by atoms with Crippen LogP contribution in [0, 0.1) is 0 Å². The smallest absolute Gasteiger partial charge is 0.251 e. The van der Waals surface area contributed by atoms with Gasteiger partial charge in [0, 0.05) is 31.9 Å². The van der Waals surface area contributed by atoms with E-state index < -0.39 is 0 Å². The van der Waals surface area contributed by atoms with Crippen LogP contribution in [0.25, 0.3) is 0 Å². The molecule has 0 saturated carbocycles. The molecule has 5 heteroatoms. The molecule has 0 N–H and O–H groups in total. The van der Waals surface area contributed by atoms with Crippen molar-refractivity contribution in [3.05, 3.63) is 47.8 Å². The molecular formula is C18H22N2O3. The van der Waals surface area contributed by atoms with Crippen molar-refractivity contribution in [2.24, 2.45) is 0 Å². The van der Waals surface area contributed by atoms with Crippen molar-refractivity contribution >= 4 is 5.91 Å². The van der Waals surface area contributed by atoms with E-state index in [0.717, 1.165) is 29.1 Å². The molecule has 0 bridgehead atoms. The average Bonchev–Trinajstić information content (AvgIpc) is 3.01. The number of likely N-dealkylation sites (N-methyl/N-ethyl adjacent to an activating group) is 1. The molecule has 0 radical (unpaired) electrons. The van der Waals surface area contributed by atoms with Gasteiger partial charge in [-0.1, -0.05) is 12.1 Å². The van der Waals surface area contributed by atoms with Crippen LogP contribution in [0.5, 0.6) is 11.5 Å². The summed E-state index contributed by atoms with van der Waals surface area (Å²) >= 11 is 0. The summed E-state index contributed by atoms with van der Waals surface area (Å²) in [6.07, 6.45) is 7.32. The van der Waals surface area contributed by atoms with E-state index in [2.05, 4.69) is 6.92 Å². The lowest BCUT2D eigenvalue weighted by Crippen LogP contribution is -2.38. The van der Waals surface area contributed by atoms with E-state index in [4.69, 9.17) is 9.47 Å². The van der Waals surface area contributed by atoms with Crippen LogP contribution in [0.15, 0.2) is 42.2 Å². The van der Waals surface area contributed by atoms with Gasteiger partial charge < -0.3 is 19.3 Å². The first-order chi connectivity index (χ1) is 11.0. The standard InChI is InChI=1S/C18H22N2O3/c1-13(9-14-6-7-16-17(10-14)23-12-22-16)20(3)18(21)15-5-4-8-19(2)11-15/h4,6-8,10-11,13H,5,9,12H2,1-3H3. The van der Waals surface area contributed by atoms with Gasteiger partial charge in [-0.3, -0.25) is 4.79 Å². The molecule has 23 heavy (non-hydrogen) atoms. The van der Waals surface area contributed by atoms with Crippen molar-refractivity contribution in [3.63, 3.8) is 0 Å². The van der Waals surface area contributed by atoms with Crippen molar-refractivity contribution in [1.82, 2.24) is 9.80 Å². The molecule has 2 aliphatic heterocycles. The molecule has 1 aromatic rings. The normalized spacial score (nSPS) is 17.0. The number of allylic oxidation sites excluding steroid dienone is 1. The summed E-state index contributed by atoms with van der Waals surface area (Å²) in [5, 5.41) is 0. The van der Waals surface area contributed by atoms with E-state index in [1.165, 1.54) is 0 Å². The molecule has 3 rings (SSSR count). The van der Waals surface area contributed by atoms with E-state index in [1.54, 1.807) is 0 Å². The maximum atomic E-state index is 12.6. The number of hydrogen-bond acceptors (Lipinski definition) is 4. The zero-order valence-electron chi connectivity index (χ0n) is 13.8. The fourth-order valence-electron chi connectivity index (χ4n) is 2.80. The highest BCUT2D eigenvalue weighted by Gasteiger charge is 2.21. The fraction of sp³-hybridized carbons (Fsp3) is 0.389. The Hall–Kier alpha value is -2.43. The third kappa shape index (κ3) is 3.33. The van der Waals surface area contributed by atoms with E-state index in [9.17, 15) is 4.79 Å². The van der Waals surface area contributed by atoms with Gasteiger partial charge in [0.05, 0.1) is 0 Å². The van der Waals surface area contributed by atoms with Crippen molar-refractivity contribution in [2.45, 2.75) is 25.8 Å². The molecule has 0 spiro atoms. The Labute approximate surface area is 136 Å². The Bertz CT molecular complexity index is 666. The van der Waals surface area contributed by atoms with Gasteiger partial charge in [0.15, 0.2) is 11.5 Å². The summed E-state index contributed by atoms with van der Waals surface area (Å²) in [6.45, 7) is 2.34. The second-order valence-corrected chi connectivity index (χ2v) is 6.07. The molecule has 2 aliphatic rings. The third-order valence-electron chi connectivity index (χ3n) is 4.26. The number of nitrogens with zero attached hydrogens (tertiary/aromatic N) is 2. The molecule has 1 unspecified atom stereocenters. The number of carbonyl (C=O) groups is 1. The molecule has 0 aliphatic carbocycles. The van der Waals surface area contributed by atoms with E-state index in [1.807, 2.05) is 60.6 Å². The zero-order valence-corrected chi connectivity index (χ0v) is 13.8. The first-order valence-corrected chi connectivity index (χ1v) is 7.79. The van der Waals surface area contributed by atoms with Crippen LogP contribution in [0.4, 0.5) is 0 Å². The van der Waals surface area contributed by atoms with Crippen LogP contribution in [-0.4, -0.2) is 42.6 Å². The SMILES string of the molecule is CC(Cc1ccc2c(c1)OCO2)N(C)C(=O)C1=CN(C)C=CC1. The highest BCUT2D eigenvalue weighted by atomic mass is 16.7. The molecule has 0 aromatic heterocycles. The lowest BCUT2D eigenvalue weighted by atomic mass is 10.0. The molecule has 5 nitrogen and oxygen atoms in total. The molecule has 0 saturated heterocycles.